The molecule has 0 saturated heterocycles. The van der Waals surface area contributed by atoms with E-state index in [-0.39, 0.29) is 18.2 Å². The maximum Gasteiger partial charge on any atom is 0.0693 e. The lowest BCUT2D eigenvalue weighted by atomic mass is 9.91. The van der Waals surface area contributed by atoms with Crippen LogP contribution in [0.4, 0.5) is 0 Å². The minimum atomic E-state index is -0.274. The van der Waals surface area contributed by atoms with Crippen LogP contribution in [0.2, 0.25) is 0 Å². The molecule has 1 aliphatic rings. The molecule has 0 spiro atoms. The van der Waals surface area contributed by atoms with Crippen LogP contribution in [0.15, 0.2) is 0 Å². The van der Waals surface area contributed by atoms with Gasteiger partial charge in [-0.05, 0) is 18.8 Å². The van der Waals surface area contributed by atoms with Crippen molar-refractivity contribution in [2.45, 2.75) is 70.6 Å². The first-order chi connectivity index (χ1) is 7.69. The molecule has 96 valence electrons. The van der Waals surface area contributed by atoms with Gasteiger partial charge in [-0.3, -0.25) is 0 Å². The van der Waals surface area contributed by atoms with E-state index in [9.17, 15) is 10.2 Å². The van der Waals surface area contributed by atoms with Crippen molar-refractivity contribution in [1.29, 1.82) is 0 Å². The van der Waals surface area contributed by atoms with Gasteiger partial charge in [0, 0.05) is 12.6 Å². The molecule has 3 nitrogen and oxygen atoms in total. The lowest BCUT2D eigenvalue weighted by Crippen LogP contribution is -2.46. The highest BCUT2D eigenvalue weighted by Gasteiger charge is 2.24. The molecule has 3 N–H and O–H groups in total. The molecule has 1 unspecified atom stereocenters. The maximum absolute atomic E-state index is 9.98. The van der Waals surface area contributed by atoms with E-state index >= 15 is 0 Å². The van der Waals surface area contributed by atoms with Gasteiger partial charge in [0.05, 0.1) is 12.2 Å². The van der Waals surface area contributed by atoms with Crippen LogP contribution in [0.3, 0.4) is 0 Å². The van der Waals surface area contributed by atoms with E-state index < -0.39 is 0 Å². The van der Waals surface area contributed by atoms with E-state index in [0.29, 0.717) is 12.5 Å². The van der Waals surface area contributed by atoms with Gasteiger partial charge in [-0.1, -0.05) is 39.5 Å². The van der Waals surface area contributed by atoms with Crippen LogP contribution >= 0.6 is 0 Å². The fraction of sp³-hybridized carbons (Fsp3) is 1.00. The van der Waals surface area contributed by atoms with Crippen LogP contribution < -0.4 is 5.32 Å². The van der Waals surface area contributed by atoms with Crippen molar-refractivity contribution < 1.29 is 10.2 Å². The summed E-state index contributed by atoms with van der Waals surface area (Å²) in [6, 6.07) is 0.192. The van der Waals surface area contributed by atoms with Crippen molar-refractivity contribution in [2.24, 2.45) is 5.92 Å². The lowest BCUT2D eigenvalue weighted by molar-refractivity contribution is 0.0633. The number of aliphatic hydroxyl groups is 2. The van der Waals surface area contributed by atoms with E-state index in [2.05, 4.69) is 19.2 Å². The minimum absolute atomic E-state index is 0.192. The molecule has 0 aromatic rings. The molecular weight excluding hydrogens is 202 g/mol. The van der Waals surface area contributed by atoms with Crippen molar-refractivity contribution in [3.05, 3.63) is 0 Å². The van der Waals surface area contributed by atoms with Gasteiger partial charge in [-0.25, -0.2) is 0 Å². The van der Waals surface area contributed by atoms with E-state index in [1.807, 2.05) is 0 Å². The van der Waals surface area contributed by atoms with Crippen LogP contribution in [0.1, 0.15) is 52.4 Å². The Morgan fingerprint density at radius 2 is 1.81 bits per heavy atom. The zero-order valence-electron chi connectivity index (χ0n) is 10.7. The van der Waals surface area contributed by atoms with E-state index in [0.717, 1.165) is 32.1 Å². The summed E-state index contributed by atoms with van der Waals surface area (Å²) < 4.78 is 0. The Labute approximate surface area is 99.3 Å². The highest BCUT2D eigenvalue weighted by molar-refractivity contribution is 4.82. The minimum Gasteiger partial charge on any atom is -0.392 e. The molecule has 0 radical (unpaired) electrons. The Hall–Kier alpha value is -0.120. The Balaban J connectivity index is 2.26. The molecule has 1 fully saturated rings. The van der Waals surface area contributed by atoms with Gasteiger partial charge in [0.1, 0.15) is 0 Å². The number of rotatable bonds is 6. The molecule has 0 heterocycles. The van der Waals surface area contributed by atoms with Gasteiger partial charge in [-0.15, -0.1) is 0 Å². The van der Waals surface area contributed by atoms with Crippen LogP contribution in [0.25, 0.3) is 0 Å². The van der Waals surface area contributed by atoms with E-state index in [1.165, 1.54) is 6.42 Å². The molecule has 3 atom stereocenters. The van der Waals surface area contributed by atoms with Gasteiger partial charge >= 0.3 is 0 Å². The standard InChI is InChI=1S/C13H27NO2/c1-3-10(4-2)13(16)9-14-11-7-5-6-8-12(11)15/h10-16H,3-9H2,1-2H3/t11-,12-,13?/m1/s1. The maximum atomic E-state index is 9.98. The topological polar surface area (TPSA) is 52.5 Å². The normalized spacial score (nSPS) is 28.3. The van der Waals surface area contributed by atoms with E-state index in [4.69, 9.17) is 0 Å². The van der Waals surface area contributed by atoms with Gasteiger partial charge in [0.15, 0.2) is 0 Å². The average Bonchev–Trinajstić information content (AvgIpc) is 2.29. The van der Waals surface area contributed by atoms with E-state index in [1.54, 1.807) is 0 Å². The second-order valence-corrected chi connectivity index (χ2v) is 5.01. The lowest BCUT2D eigenvalue weighted by Gasteiger charge is -2.30. The summed E-state index contributed by atoms with van der Waals surface area (Å²) >= 11 is 0. The van der Waals surface area contributed by atoms with Crippen LogP contribution in [0.5, 0.6) is 0 Å². The van der Waals surface area contributed by atoms with Crippen LogP contribution in [-0.2, 0) is 0 Å². The second kappa shape index (κ2) is 7.25. The van der Waals surface area contributed by atoms with Gasteiger partial charge in [0.25, 0.3) is 0 Å². The summed E-state index contributed by atoms with van der Waals surface area (Å²) in [5, 5.41) is 23.1. The number of aliphatic hydroxyl groups excluding tert-OH is 2. The Kier molecular flexibility index (Phi) is 6.32. The molecule has 0 aromatic heterocycles. The van der Waals surface area contributed by atoms with Crippen molar-refractivity contribution in [2.75, 3.05) is 6.54 Å². The Morgan fingerprint density at radius 1 is 1.19 bits per heavy atom. The predicted molar refractivity (Wildman–Crippen MR) is 66.3 cm³/mol. The quantitative estimate of drug-likeness (QED) is 0.649. The first kappa shape index (κ1) is 13.9. The monoisotopic (exact) mass is 229 g/mol. The largest absolute Gasteiger partial charge is 0.392 e. The predicted octanol–water partition coefficient (Wildman–Crippen LogP) is 1.68. The summed E-state index contributed by atoms with van der Waals surface area (Å²) in [7, 11) is 0. The zero-order valence-corrected chi connectivity index (χ0v) is 10.7. The highest BCUT2D eigenvalue weighted by Crippen LogP contribution is 2.19. The third-order valence-electron chi connectivity index (χ3n) is 3.91. The summed E-state index contributed by atoms with van der Waals surface area (Å²) in [5.74, 6) is 0.383. The number of hydrogen-bond donors (Lipinski definition) is 3. The first-order valence-corrected chi connectivity index (χ1v) is 6.78. The SMILES string of the molecule is CCC(CC)C(O)CN[C@@H]1CCCC[C@H]1O. The molecule has 0 aliphatic heterocycles. The fourth-order valence-electron chi connectivity index (χ4n) is 2.62. The Bertz CT molecular complexity index is 183. The smallest absolute Gasteiger partial charge is 0.0693 e. The fourth-order valence-corrected chi connectivity index (χ4v) is 2.62. The molecule has 0 aromatic carbocycles. The molecule has 0 bridgehead atoms. The third kappa shape index (κ3) is 4.04. The van der Waals surface area contributed by atoms with Crippen LogP contribution in [-0.4, -0.2) is 35.0 Å². The van der Waals surface area contributed by atoms with Gasteiger partial charge in [0.2, 0.25) is 0 Å². The number of nitrogens with one attached hydrogen (secondary N) is 1. The van der Waals surface area contributed by atoms with Crippen molar-refractivity contribution in [1.82, 2.24) is 5.32 Å². The summed E-state index contributed by atoms with van der Waals surface area (Å²) in [6.07, 6.45) is 5.81. The molecule has 0 amide bonds. The summed E-state index contributed by atoms with van der Waals surface area (Å²) in [6.45, 7) is 4.85. The first-order valence-electron chi connectivity index (χ1n) is 6.78. The van der Waals surface area contributed by atoms with Gasteiger partial charge in [-0.2, -0.15) is 0 Å². The van der Waals surface area contributed by atoms with Crippen molar-refractivity contribution in [3.8, 4) is 0 Å². The van der Waals surface area contributed by atoms with Crippen molar-refractivity contribution in [3.63, 3.8) is 0 Å². The Morgan fingerprint density at radius 3 is 2.38 bits per heavy atom. The zero-order chi connectivity index (χ0) is 12.0. The molecule has 1 rings (SSSR count). The molecule has 16 heavy (non-hydrogen) atoms. The van der Waals surface area contributed by atoms with Crippen molar-refractivity contribution >= 4 is 0 Å². The molecule has 3 heteroatoms. The molecule has 1 saturated carbocycles. The average molecular weight is 229 g/mol. The molecular formula is C13H27NO2. The van der Waals surface area contributed by atoms with Crippen LogP contribution in [0, 0.1) is 5.92 Å². The summed E-state index contributed by atoms with van der Waals surface area (Å²) in [5.41, 5.74) is 0. The number of hydrogen-bond acceptors (Lipinski definition) is 3. The summed E-state index contributed by atoms with van der Waals surface area (Å²) in [4.78, 5) is 0. The third-order valence-corrected chi connectivity index (χ3v) is 3.91. The highest BCUT2D eigenvalue weighted by atomic mass is 16.3. The second-order valence-electron chi connectivity index (χ2n) is 5.01. The van der Waals surface area contributed by atoms with Gasteiger partial charge < -0.3 is 15.5 Å². The molecule has 1 aliphatic carbocycles.